The number of nitrogens with zero attached hydrogens (tertiary/aromatic N) is 2. The van der Waals surface area contributed by atoms with Gasteiger partial charge < -0.3 is 24.0 Å². The Kier molecular flexibility index (Phi) is 10.4. The van der Waals surface area contributed by atoms with Crippen LogP contribution < -0.4 is 9.47 Å². The van der Waals surface area contributed by atoms with Crippen molar-refractivity contribution in [1.82, 2.24) is 9.80 Å². The van der Waals surface area contributed by atoms with Crippen LogP contribution in [0, 0.1) is 6.92 Å². The molecule has 0 bridgehead atoms. The number of hydrogen-bond donors (Lipinski definition) is 0. The average molecular weight is 503 g/mol. The van der Waals surface area contributed by atoms with Gasteiger partial charge in [0.15, 0.2) is 11.5 Å². The third-order valence-electron chi connectivity index (χ3n) is 6.52. The summed E-state index contributed by atoms with van der Waals surface area (Å²) >= 11 is 1.70. The number of rotatable bonds is 12. The average Bonchev–Trinajstić information content (AvgIpc) is 3.29. The quantitative estimate of drug-likeness (QED) is 0.429. The summed E-state index contributed by atoms with van der Waals surface area (Å²) in [6.45, 7) is 3.23. The van der Waals surface area contributed by atoms with Crippen molar-refractivity contribution < 1.29 is 23.8 Å². The van der Waals surface area contributed by atoms with E-state index in [4.69, 9.17) is 14.2 Å². The maximum atomic E-state index is 13.6. The Morgan fingerprint density at radius 3 is 2.34 bits per heavy atom. The first kappa shape index (κ1) is 27.0. The van der Waals surface area contributed by atoms with Gasteiger partial charge >= 0.3 is 0 Å². The number of thiophene rings is 1. The van der Waals surface area contributed by atoms with E-state index >= 15 is 0 Å². The van der Waals surface area contributed by atoms with Crippen LogP contribution in [0.2, 0.25) is 0 Å². The summed E-state index contributed by atoms with van der Waals surface area (Å²) in [6, 6.07) is 10.1. The monoisotopic (exact) mass is 502 g/mol. The minimum atomic E-state index is -0.112. The minimum Gasteiger partial charge on any atom is -0.493 e. The maximum absolute atomic E-state index is 13.6. The standard InChI is InChI=1S/C27H38N2O5S/c1-20-10-12-23(35-20)17-28(15-14-21-11-13-24(33-3)25(16-21)34-4)26(30)18-29(27(31)19-32-2)22-8-6-5-7-9-22/h10-13,16,22H,5-9,14-15,17-19H2,1-4H3. The van der Waals surface area contributed by atoms with E-state index in [1.165, 1.54) is 18.4 Å². The number of carbonyl (C=O) groups excluding carboxylic acids is 2. The van der Waals surface area contributed by atoms with Crippen molar-refractivity contribution in [2.45, 2.75) is 58.0 Å². The summed E-state index contributed by atoms with van der Waals surface area (Å²) in [7, 11) is 4.75. The molecule has 7 nitrogen and oxygen atoms in total. The van der Waals surface area contributed by atoms with E-state index in [0.29, 0.717) is 31.0 Å². The Bertz CT molecular complexity index is 970. The zero-order valence-electron chi connectivity index (χ0n) is 21.4. The minimum absolute atomic E-state index is 0.000454. The van der Waals surface area contributed by atoms with Crippen molar-refractivity contribution >= 4 is 23.2 Å². The molecular formula is C27H38N2O5S. The highest BCUT2D eigenvalue weighted by Crippen LogP contribution is 2.28. The predicted octanol–water partition coefficient (Wildman–Crippen LogP) is 4.45. The van der Waals surface area contributed by atoms with Crippen LogP contribution in [0.1, 0.15) is 47.4 Å². The highest BCUT2D eigenvalue weighted by Gasteiger charge is 2.29. The molecule has 0 saturated heterocycles. The zero-order valence-corrected chi connectivity index (χ0v) is 22.2. The van der Waals surface area contributed by atoms with Gasteiger partial charge in [0, 0.05) is 29.5 Å². The molecule has 1 saturated carbocycles. The molecule has 1 aliphatic carbocycles. The molecule has 35 heavy (non-hydrogen) atoms. The Morgan fingerprint density at radius 1 is 0.971 bits per heavy atom. The molecule has 192 valence electrons. The fourth-order valence-electron chi connectivity index (χ4n) is 4.62. The van der Waals surface area contributed by atoms with Crippen molar-refractivity contribution in [3.05, 3.63) is 45.6 Å². The molecular weight excluding hydrogens is 464 g/mol. The molecule has 1 heterocycles. The third-order valence-corrected chi connectivity index (χ3v) is 7.51. The first-order valence-corrected chi connectivity index (χ1v) is 13.1. The SMILES string of the molecule is COCC(=O)N(CC(=O)N(CCc1ccc(OC)c(OC)c1)Cc1ccc(C)s1)C1CCCCC1. The van der Waals surface area contributed by atoms with E-state index in [2.05, 4.69) is 19.1 Å². The van der Waals surface area contributed by atoms with Crippen LogP contribution in [0.5, 0.6) is 11.5 Å². The predicted molar refractivity (Wildman–Crippen MR) is 138 cm³/mol. The molecule has 0 spiro atoms. The molecule has 2 aromatic rings. The molecule has 2 amide bonds. The van der Waals surface area contributed by atoms with Crippen LogP contribution in [0.4, 0.5) is 0 Å². The van der Waals surface area contributed by atoms with Crippen molar-refractivity contribution in [2.24, 2.45) is 0 Å². The molecule has 1 aliphatic rings. The zero-order chi connectivity index (χ0) is 25.2. The van der Waals surface area contributed by atoms with Crippen LogP contribution in [0.15, 0.2) is 30.3 Å². The lowest BCUT2D eigenvalue weighted by molar-refractivity contribution is -0.145. The molecule has 3 rings (SSSR count). The van der Waals surface area contributed by atoms with Crippen molar-refractivity contribution in [3.8, 4) is 11.5 Å². The molecule has 0 unspecified atom stereocenters. The second kappa shape index (κ2) is 13.5. The van der Waals surface area contributed by atoms with Crippen molar-refractivity contribution in [1.29, 1.82) is 0 Å². The summed E-state index contributed by atoms with van der Waals surface area (Å²) in [5, 5.41) is 0. The molecule has 1 fully saturated rings. The normalized spacial score (nSPS) is 13.9. The van der Waals surface area contributed by atoms with Crippen LogP contribution in [0.3, 0.4) is 0 Å². The highest BCUT2D eigenvalue weighted by molar-refractivity contribution is 7.11. The number of methoxy groups -OCH3 is 3. The molecule has 0 aliphatic heterocycles. The number of carbonyl (C=O) groups is 2. The summed E-state index contributed by atoms with van der Waals surface area (Å²) in [5.74, 6) is 1.20. The van der Waals surface area contributed by atoms with Crippen LogP contribution >= 0.6 is 11.3 Å². The molecule has 0 radical (unpaired) electrons. The first-order valence-electron chi connectivity index (χ1n) is 12.3. The Balaban J connectivity index is 1.76. The van der Waals surface area contributed by atoms with E-state index in [0.717, 1.165) is 36.1 Å². The third kappa shape index (κ3) is 7.70. The molecule has 0 atom stereocenters. The smallest absolute Gasteiger partial charge is 0.249 e. The number of aryl methyl sites for hydroxylation is 1. The Labute approximate surface area is 213 Å². The van der Waals surface area contributed by atoms with Crippen molar-refractivity contribution in [2.75, 3.05) is 41.0 Å². The van der Waals surface area contributed by atoms with Gasteiger partial charge in [0.1, 0.15) is 13.2 Å². The molecule has 1 aromatic heterocycles. The largest absolute Gasteiger partial charge is 0.493 e. The summed E-state index contributed by atoms with van der Waals surface area (Å²) in [4.78, 5) is 32.5. The summed E-state index contributed by atoms with van der Waals surface area (Å²) in [6.07, 6.45) is 5.93. The van der Waals surface area contributed by atoms with Gasteiger partial charge in [-0.2, -0.15) is 0 Å². The molecule has 0 N–H and O–H groups in total. The topological polar surface area (TPSA) is 68.3 Å². The lowest BCUT2D eigenvalue weighted by Crippen LogP contribution is -2.49. The van der Waals surface area contributed by atoms with Crippen molar-refractivity contribution in [3.63, 3.8) is 0 Å². The second-order valence-electron chi connectivity index (χ2n) is 9.01. The van der Waals surface area contributed by atoms with E-state index in [1.807, 2.05) is 23.1 Å². The van der Waals surface area contributed by atoms with E-state index < -0.39 is 0 Å². The van der Waals surface area contributed by atoms with Crippen LogP contribution in [0.25, 0.3) is 0 Å². The van der Waals surface area contributed by atoms with Crippen LogP contribution in [-0.2, 0) is 27.3 Å². The fraction of sp³-hybridized carbons (Fsp3) is 0.556. The highest BCUT2D eigenvalue weighted by atomic mass is 32.1. The van der Waals surface area contributed by atoms with Gasteiger partial charge in [-0.25, -0.2) is 0 Å². The van der Waals surface area contributed by atoms with Gasteiger partial charge in [-0.15, -0.1) is 11.3 Å². The second-order valence-corrected chi connectivity index (χ2v) is 10.4. The summed E-state index contributed by atoms with van der Waals surface area (Å²) < 4.78 is 15.9. The van der Waals surface area contributed by atoms with E-state index in [-0.39, 0.29) is 31.0 Å². The lowest BCUT2D eigenvalue weighted by Gasteiger charge is -2.35. The first-order chi connectivity index (χ1) is 16.9. The summed E-state index contributed by atoms with van der Waals surface area (Å²) in [5.41, 5.74) is 1.06. The number of hydrogen-bond acceptors (Lipinski definition) is 6. The number of benzene rings is 1. The van der Waals surface area contributed by atoms with Gasteiger partial charge in [0.05, 0.1) is 20.8 Å². The fourth-order valence-corrected chi connectivity index (χ4v) is 5.52. The Morgan fingerprint density at radius 2 is 1.71 bits per heavy atom. The Hall–Kier alpha value is -2.58. The maximum Gasteiger partial charge on any atom is 0.249 e. The van der Waals surface area contributed by atoms with E-state index in [1.54, 1.807) is 30.5 Å². The van der Waals surface area contributed by atoms with Crippen LogP contribution in [-0.4, -0.2) is 68.7 Å². The van der Waals surface area contributed by atoms with Gasteiger partial charge in [-0.05, 0) is 56.0 Å². The number of ether oxygens (including phenoxy) is 3. The molecule has 8 heteroatoms. The van der Waals surface area contributed by atoms with E-state index in [9.17, 15) is 9.59 Å². The molecule has 1 aromatic carbocycles. The van der Waals surface area contributed by atoms with Gasteiger partial charge in [0.25, 0.3) is 0 Å². The van der Waals surface area contributed by atoms with Gasteiger partial charge in [0.2, 0.25) is 11.8 Å². The van der Waals surface area contributed by atoms with Gasteiger partial charge in [-0.3, -0.25) is 9.59 Å². The van der Waals surface area contributed by atoms with Gasteiger partial charge in [-0.1, -0.05) is 25.3 Å². The number of amides is 2. The lowest BCUT2D eigenvalue weighted by atomic mass is 9.94.